The average Bonchev–Trinajstić information content (AvgIpc) is 2.46. The molecule has 0 aromatic heterocycles. The Morgan fingerprint density at radius 3 is 2.80 bits per heavy atom. The van der Waals surface area contributed by atoms with Crippen molar-refractivity contribution in [3.05, 3.63) is 18.2 Å². The van der Waals surface area contributed by atoms with E-state index in [9.17, 15) is 4.79 Å². The van der Waals surface area contributed by atoms with E-state index in [0.717, 1.165) is 43.3 Å². The molecule has 2 aliphatic heterocycles. The van der Waals surface area contributed by atoms with E-state index in [0.29, 0.717) is 6.54 Å². The van der Waals surface area contributed by atoms with Gasteiger partial charge in [-0.1, -0.05) is 0 Å². The summed E-state index contributed by atoms with van der Waals surface area (Å²) in [7, 11) is 0. The highest BCUT2D eigenvalue weighted by Crippen LogP contribution is 2.36. The van der Waals surface area contributed by atoms with Gasteiger partial charge in [0.15, 0.2) is 0 Å². The van der Waals surface area contributed by atoms with Crippen LogP contribution in [0.5, 0.6) is 5.75 Å². The van der Waals surface area contributed by atoms with E-state index < -0.39 is 0 Å². The second-order valence-electron chi connectivity index (χ2n) is 5.45. The summed E-state index contributed by atoms with van der Waals surface area (Å²) in [5, 5.41) is 3.35. The lowest BCUT2D eigenvalue weighted by atomic mass is 10.1. The number of hydrogen-bond acceptors (Lipinski definition) is 4. The number of hydrogen-bond donors (Lipinski definition) is 1. The Balaban J connectivity index is 1.93. The first kappa shape index (κ1) is 13.2. The summed E-state index contributed by atoms with van der Waals surface area (Å²) in [5.74, 6) is 0.872. The molecule has 0 radical (unpaired) electrons. The highest BCUT2D eigenvalue weighted by molar-refractivity contribution is 5.94. The highest BCUT2D eigenvalue weighted by atomic mass is 16.5. The van der Waals surface area contributed by atoms with Crippen molar-refractivity contribution >= 4 is 17.3 Å². The van der Waals surface area contributed by atoms with E-state index in [1.165, 1.54) is 0 Å². The molecule has 1 atom stereocenters. The van der Waals surface area contributed by atoms with Gasteiger partial charge in [0.1, 0.15) is 11.9 Å². The van der Waals surface area contributed by atoms with Crippen LogP contribution in [0.25, 0.3) is 0 Å². The van der Waals surface area contributed by atoms with Crippen LogP contribution >= 0.6 is 0 Å². The van der Waals surface area contributed by atoms with E-state index in [-0.39, 0.29) is 12.0 Å². The number of anilines is 2. The fourth-order valence-electron chi connectivity index (χ4n) is 2.84. The second kappa shape index (κ2) is 5.32. The Hall–Kier alpha value is -1.75. The number of amides is 1. The van der Waals surface area contributed by atoms with Crippen LogP contribution < -0.4 is 19.9 Å². The van der Waals surface area contributed by atoms with Gasteiger partial charge in [-0.3, -0.25) is 4.79 Å². The lowest BCUT2D eigenvalue weighted by molar-refractivity contribution is -0.117. The highest BCUT2D eigenvalue weighted by Gasteiger charge is 2.26. The third-order valence-corrected chi connectivity index (χ3v) is 3.86. The van der Waals surface area contributed by atoms with Gasteiger partial charge in [0.25, 0.3) is 0 Å². The van der Waals surface area contributed by atoms with Crippen LogP contribution in [0.1, 0.15) is 13.8 Å². The molecule has 1 aromatic rings. The Labute approximate surface area is 119 Å². The third kappa shape index (κ3) is 2.45. The van der Waals surface area contributed by atoms with Crippen molar-refractivity contribution < 1.29 is 9.53 Å². The molecule has 5 heteroatoms. The quantitative estimate of drug-likeness (QED) is 0.837. The van der Waals surface area contributed by atoms with E-state index in [2.05, 4.69) is 22.3 Å². The van der Waals surface area contributed by atoms with Gasteiger partial charge < -0.3 is 19.9 Å². The maximum absolute atomic E-state index is 11.8. The fourth-order valence-corrected chi connectivity index (χ4v) is 2.84. The van der Waals surface area contributed by atoms with Crippen molar-refractivity contribution in [1.29, 1.82) is 0 Å². The van der Waals surface area contributed by atoms with Crippen molar-refractivity contribution in [3.8, 4) is 5.75 Å². The van der Waals surface area contributed by atoms with Gasteiger partial charge in [0, 0.05) is 38.8 Å². The Morgan fingerprint density at radius 2 is 2.10 bits per heavy atom. The zero-order valence-electron chi connectivity index (χ0n) is 12.1. The number of ether oxygens (including phenoxy) is 1. The number of nitrogens with zero attached hydrogens (tertiary/aromatic N) is 2. The van der Waals surface area contributed by atoms with Gasteiger partial charge in [-0.25, -0.2) is 0 Å². The summed E-state index contributed by atoms with van der Waals surface area (Å²) in [5.41, 5.74) is 2.06. The number of carbonyl (C=O) groups excluding carboxylic acids is 1. The molecule has 1 fully saturated rings. The van der Waals surface area contributed by atoms with Crippen LogP contribution in [0, 0.1) is 0 Å². The lowest BCUT2D eigenvalue weighted by Crippen LogP contribution is -2.44. The van der Waals surface area contributed by atoms with Gasteiger partial charge in [-0.15, -0.1) is 0 Å². The van der Waals surface area contributed by atoms with Crippen molar-refractivity contribution in [3.63, 3.8) is 0 Å². The molecule has 0 aliphatic carbocycles. The first-order chi connectivity index (χ1) is 9.65. The van der Waals surface area contributed by atoms with E-state index >= 15 is 0 Å². The first-order valence-corrected chi connectivity index (χ1v) is 7.19. The second-order valence-corrected chi connectivity index (χ2v) is 5.45. The van der Waals surface area contributed by atoms with E-state index in [4.69, 9.17) is 4.74 Å². The van der Waals surface area contributed by atoms with E-state index in [1.807, 2.05) is 17.9 Å². The van der Waals surface area contributed by atoms with E-state index in [1.54, 1.807) is 6.92 Å². The molecule has 3 rings (SSSR count). The molecule has 0 spiro atoms. The molecule has 1 unspecified atom stereocenters. The molecule has 108 valence electrons. The molecule has 5 nitrogen and oxygen atoms in total. The molecular formula is C15H21N3O2. The predicted molar refractivity (Wildman–Crippen MR) is 79.6 cm³/mol. The minimum Gasteiger partial charge on any atom is -0.487 e. The molecular weight excluding hydrogens is 254 g/mol. The largest absolute Gasteiger partial charge is 0.487 e. The number of benzene rings is 1. The number of fused-ring (bicyclic) bond motifs is 1. The fraction of sp³-hybridized carbons (Fsp3) is 0.533. The molecule has 1 N–H and O–H groups in total. The summed E-state index contributed by atoms with van der Waals surface area (Å²) in [4.78, 5) is 16.0. The van der Waals surface area contributed by atoms with Crippen molar-refractivity contribution in [2.24, 2.45) is 0 Å². The standard InChI is InChI=1S/C15H21N3O2/c1-11-10-18(12(2)19)14-9-13(3-4-15(14)20-11)17-7-5-16-6-8-17/h3-4,9,11,16H,5-8,10H2,1-2H3. The first-order valence-electron chi connectivity index (χ1n) is 7.19. The number of nitrogens with one attached hydrogen (secondary N) is 1. The average molecular weight is 275 g/mol. The maximum Gasteiger partial charge on any atom is 0.224 e. The summed E-state index contributed by atoms with van der Waals surface area (Å²) < 4.78 is 5.83. The predicted octanol–water partition coefficient (Wildman–Crippen LogP) is 1.23. The van der Waals surface area contributed by atoms with Gasteiger partial charge in [0.2, 0.25) is 5.91 Å². The molecule has 1 saturated heterocycles. The van der Waals surface area contributed by atoms with Gasteiger partial charge in [-0.05, 0) is 25.1 Å². The minimum absolute atomic E-state index is 0.0384. The maximum atomic E-state index is 11.8. The Kier molecular flexibility index (Phi) is 3.53. The lowest BCUT2D eigenvalue weighted by Gasteiger charge is -2.35. The zero-order valence-corrected chi connectivity index (χ0v) is 12.1. The summed E-state index contributed by atoms with van der Waals surface area (Å²) >= 11 is 0. The zero-order chi connectivity index (χ0) is 14.1. The number of piperazine rings is 1. The topological polar surface area (TPSA) is 44.8 Å². The molecule has 1 amide bonds. The van der Waals surface area contributed by atoms with Gasteiger partial charge in [-0.2, -0.15) is 0 Å². The van der Waals surface area contributed by atoms with Crippen LogP contribution in [0.2, 0.25) is 0 Å². The van der Waals surface area contributed by atoms with Crippen LogP contribution in [0.3, 0.4) is 0 Å². The van der Waals surface area contributed by atoms with Crippen molar-refractivity contribution in [1.82, 2.24) is 5.32 Å². The number of rotatable bonds is 1. The van der Waals surface area contributed by atoms with Crippen molar-refractivity contribution in [2.75, 3.05) is 42.5 Å². The molecule has 0 saturated carbocycles. The molecule has 1 aromatic carbocycles. The molecule has 20 heavy (non-hydrogen) atoms. The van der Waals surface area contributed by atoms with Gasteiger partial charge in [0.05, 0.1) is 12.2 Å². The molecule has 0 bridgehead atoms. The summed E-state index contributed by atoms with van der Waals surface area (Å²) in [6, 6.07) is 6.15. The van der Waals surface area contributed by atoms with Crippen LogP contribution in [0.4, 0.5) is 11.4 Å². The van der Waals surface area contributed by atoms with Gasteiger partial charge >= 0.3 is 0 Å². The summed E-state index contributed by atoms with van der Waals surface area (Å²) in [6.45, 7) is 8.21. The number of carbonyl (C=O) groups is 1. The van der Waals surface area contributed by atoms with Crippen LogP contribution in [0.15, 0.2) is 18.2 Å². The monoisotopic (exact) mass is 275 g/mol. The smallest absolute Gasteiger partial charge is 0.224 e. The Morgan fingerprint density at radius 1 is 1.35 bits per heavy atom. The Bertz CT molecular complexity index is 512. The summed E-state index contributed by atoms with van der Waals surface area (Å²) in [6.07, 6.45) is 0.0384. The molecule has 2 heterocycles. The minimum atomic E-state index is 0.0384. The third-order valence-electron chi connectivity index (χ3n) is 3.86. The van der Waals surface area contributed by atoms with Crippen LogP contribution in [-0.4, -0.2) is 44.7 Å². The van der Waals surface area contributed by atoms with Crippen molar-refractivity contribution in [2.45, 2.75) is 20.0 Å². The molecule has 2 aliphatic rings. The SMILES string of the molecule is CC(=O)N1CC(C)Oc2ccc(N3CCNCC3)cc21. The normalized spacial score (nSPS) is 22.2. The van der Waals surface area contributed by atoms with Crippen LogP contribution in [-0.2, 0) is 4.79 Å².